The Labute approximate surface area is 252 Å². The number of piperidine rings is 1. The molecule has 3 amide bonds. The van der Waals surface area contributed by atoms with Gasteiger partial charge in [-0.3, -0.25) is 14.4 Å². The highest BCUT2D eigenvalue weighted by atomic mass is 16.5. The van der Waals surface area contributed by atoms with Crippen molar-refractivity contribution in [3.63, 3.8) is 0 Å². The van der Waals surface area contributed by atoms with E-state index in [0.717, 1.165) is 42.6 Å². The quantitative estimate of drug-likeness (QED) is 0.504. The van der Waals surface area contributed by atoms with Gasteiger partial charge in [-0.15, -0.1) is 0 Å². The molecule has 0 bridgehead atoms. The van der Waals surface area contributed by atoms with E-state index in [9.17, 15) is 14.4 Å². The lowest BCUT2D eigenvalue weighted by molar-refractivity contribution is -0.142. The fraction of sp³-hybridized carbons (Fsp3) is 0.485. The Morgan fingerprint density at radius 1 is 0.977 bits per heavy atom. The number of aromatic nitrogens is 3. The van der Waals surface area contributed by atoms with Gasteiger partial charge in [-0.25, -0.2) is 9.67 Å². The van der Waals surface area contributed by atoms with E-state index in [-0.39, 0.29) is 24.1 Å². The maximum Gasteiger partial charge on any atom is 0.253 e. The number of rotatable bonds is 3. The van der Waals surface area contributed by atoms with Gasteiger partial charge in [-0.1, -0.05) is 30.3 Å². The molecule has 0 radical (unpaired) electrons. The molecule has 1 saturated heterocycles. The van der Waals surface area contributed by atoms with Crippen LogP contribution >= 0.6 is 0 Å². The zero-order valence-electron chi connectivity index (χ0n) is 24.8. The highest BCUT2D eigenvalue weighted by Crippen LogP contribution is 2.27. The minimum Gasteiger partial charge on any atom is -0.493 e. The molecule has 0 unspecified atom stereocenters. The molecule has 1 aromatic heterocycles. The van der Waals surface area contributed by atoms with Gasteiger partial charge < -0.3 is 19.9 Å². The molecule has 2 aromatic carbocycles. The largest absolute Gasteiger partial charge is 0.493 e. The fourth-order valence-electron chi connectivity index (χ4n) is 6.49. The number of carbonyl (C=O) groups is 3. The Balaban J connectivity index is 1.32. The topological polar surface area (TPSA) is 110 Å². The van der Waals surface area contributed by atoms with Crippen LogP contribution in [0, 0.1) is 6.92 Å². The average molecular weight is 585 g/mol. The van der Waals surface area contributed by atoms with Crippen molar-refractivity contribution in [2.75, 3.05) is 26.2 Å². The molecule has 0 saturated carbocycles. The first-order valence-corrected chi connectivity index (χ1v) is 15.6. The first-order valence-electron chi connectivity index (χ1n) is 15.6. The summed E-state index contributed by atoms with van der Waals surface area (Å²) in [6.45, 7) is 4.35. The number of hydrogen-bond acceptors (Lipinski definition) is 6. The van der Waals surface area contributed by atoms with Crippen molar-refractivity contribution in [2.45, 2.75) is 76.9 Å². The third kappa shape index (κ3) is 6.58. The smallest absolute Gasteiger partial charge is 0.253 e. The van der Waals surface area contributed by atoms with Gasteiger partial charge >= 0.3 is 0 Å². The van der Waals surface area contributed by atoms with E-state index in [1.807, 2.05) is 65.0 Å². The van der Waals surface area contributed by atoms with Crippen molar-refractivity contribution in [1.82, 2.24) is 29.9 Å². The zero-order valence-corrected chi connectivity index (χ0v) is 24.8. The van der Waals surface area contributed by atoms with Crippen LogP contribution in [0.4, 0.5) is 0 Å². The van der Waals surface area contributed by atoms with Crippen molar-refractivity contribution in [3.8, 4) is 5.75 Å². The first kappa shape index (κ1) is 28.9. The molecule has 2 atom stereocenters. The van der Waals surface area contributed by atoms with Gasteiger partial charge in [0.25, 0.3) is 5.91 Å². The van der Waals surface area contributed by atoms with Crippen LogP contribution < -0.4 is 10.1 Å². The van der Waals surface area contributed by atoms with E-state index >= 15 is 0 Å². The van der Waals surface area contributed by atoms with Gasteiger partial charge in [0, 0.05) is 31.6 Å². The summed E-state index contributed by atoms with van der Waals surface area (Å²) in [6.07, 6.45) is 5.56. The summed E-state index contributed by atoms with van der Waals surface area (Å²) >= 11 is 0. The molecular formula is C33H40N6O4. The molecule has 0 aliphatic carbocycles. The lowest BCUT2D eigenvalue weighted by atomic mass is 9.99. The van der Waals surface area contributed by atoms with Gasteiger partial charge in [0.15, 0.2) is 0 Å². The van der Waals surface area contributed by atoms with Crippen molar-refractivity contribution >= 4 is 17.7 Å². The summed E-state index contributed by atoms with van der Waals surface area (Å²) in [7, 11) is 0. The Bertz CT molecular complexity index is 1470. The van der Waals surface area contributed by atoms with Gasteiger partial charge in [0.1, 0.15) is 23.4 Å². The van der Waals surface area contributed by atoms with Crippen LogP contribution in [0.2, 0.25) is 0 Å². The second-order valence-electron chi connectivity index (χ2n) is 11.8. The summed E-state index contributed by atoms with van der Waals surface area (Å²) in [4.78, 5) is 49.4. The van der Waals surface area contributed by atoms with Gasteiger partial charge in [0.2, 0.25) is 11.8 Å². The minimum absolute atomic E-state index is 0.0335. The molecule has 226 valence electrons. The van der Waals surface area contributed by atoms with Crippen LogP contribution in [-0.4, -0.2) is 74.6 Å². The van der Waals surface area contributed by atoms with E-state index < -0.39 is 12.1 Å². The highest BCUT2D eigenvalue weighted by molar-refractivity contribution is 5.94. The van der Waals surface area contributed by atoms with Crippen LogP contribution in [0.3, 0.4) is 0 Å². The highest BCUT2D eigenvalue weighted by Gasteiger charge is 2.34. The summed E-state index contributed by atoms with van der Waals surface area (Å²) in [5.74, 6) is 1.85. The third-order valence-electron chi connectivity index (χ3n) is 8.69. The number of nitrogens with one attached hydrogen (secondary N) is 1. The molecule has 6 rings (SSSR count). The Morgan fingerprint density at radius 2 is 1.84 bits per heavy atom. The second-order valence-corrected chi connectivity index (χ2v) is 11.8. The molecule has 1 N–H and O–H groups in total. The summed E-state index contributed by atoms with van der Waals surface area (Å²) in [5.41, 5.74) is 2.74. The van der Waals surface area contributed by atoms with E-state index in [1.54, 1.807) is 4.90 Å². The molecule has 0 spiro atoms. The fourth-order valence-corrected chi connectivity index (χ4v) is 6.49. The molecule has 10 heteroatoms. The average Bonchev–Trinajstić information content (AvgIpc) is 3.41. The van der Waals surface area contributed by atoms with E-state index in [2.05, 4.69) is 5.32 Å². The molecule has 4 heterocycles. The number of fused-ring (bicyclic) bond motifs is 3. The van der Waals surface area contributed by atoms with E-state index in [0.29, 0.717) is 69.3 Å². The Morgan fingerprint density at radius 3 is 2.70 bits per heavy atom. The van der Waals surface area contributed by atoms with Gasteiger partial charge in [-0.2, -0.15) is 5.10 Å². The summed E-state index contributed by atoms with van der Waals surface area (Å²) < 4.78 is 7.59. The number of benzene rings is 2. The van der Waals surface area contributed by atoms with E-state index in [1.165, 1.54) is 0 Å². The summed E-state index contributed by atoms with van der Waals surface area (Å²) in [5, 5.41) is 7.94. The van der Waals surface area contributed by atoms with Crippen LogP contribution in [0.15, 0.2) is 48.5 Å². The van der Waals surface area contributed by atoms with Gasteiger partial charge in [0.05, 0.1) is 19.2 Å². The van der Waals surface area contributed by atoms with Crippen LogP contribution in [0.25, 0.3) is 0 Å². The molecule has 10 nitrogen and oxygen atoms in total. The van der Waals surface area contributed by atoms with Crippen LogP contribution in [0.1, 0.15) is 77.7 Å². The number of hydrogen-bond donors (Lipinski definition) is 1. The molecule has 1 fully saturated rings. The molecule has 3 aliphatic rings. The number of nitrogens with zero attached hydrogens (tertiary/aromatic N) is 5. The van der Waals surface area contributed by atoms with Crippen molar-refractivity contribution in [1.29, 1.82) is 0 Å². The Hall–Kier alpha value is -4.21. The Kier molecular flexibility index (Phi) is 8.72. The van der Waals surface area contributed by atoms with Crippen molar-refractivity contribution in [2.24, 2.45) is 0 Å². The second kappa shape index (κ2) is 13.0. The maximum atomic E-state index is 13.9. The monoisotopic (exact) mass is 584 g/mol. The number of carbonyl (C=O) groups excluding carboxylic acids is 3. The third-order valence-corrected chi connectivity index (χ3v) is 8.69. The molecule has 43 heavy (non-hydrogen) atoms. The predicted molar refractivity (Wildman–Crippen MR) is 161 cm³/mol. The maximum absolute atomic E-state index is 13.9. The number of ether oxygens (including phenoxy) is 1. The van der Waals surface area contributed by atoms with E-state index in [4.69, 9.17) is 14.8 Å². The molecular weight excluding hydrogens is 544 g/mol. The standard InChI is InChI=1S/C33H40N6O4/c1-23-34-31-27(21-24-9-3-2-4-10-24)35-32(41)28-12-5-6-17-38(28)30(40)13-7-16-37(18-19-39(31)36-23)33(42)26-14-15-29-25(22-26)11-8-20-43-29/h2-4,9-10,14-15,22,27-28H,5-8,11-13,16-21H2,1H3,(H,35,41)/t27-,28+/m1/s1. The van der Waals surface area contributed by atoms with Crippen LogP contribution in [0.5, 0.6) is 5.75 Å². The molecule has 3 aromatic rings. The molecule has 3 aliphatic heterocycles. The van der Waals surface area contributed by atoms with Crippen molar-refractivity contribution in [3.05, 3.63) is 76.9 Å². The number of aryl methyl sites for hydroxylation is 2. The normalized spacial score (nSPS) is 21.5. The first-order chi connectivity index (χ1) is 21.0. The number of amides is 3. The predicted octanol–water partition coefficient (Wildman–Crippen LogP) is 3.63. The van der Waals surface area contributed by atoms with Crippen LogP contribution in [-0.2, 0) is 29.0 Å². The lowest BCUT2D eigenvalue weighted by Gasteiger charge is -2.36. The van der Waals surface area contributed by atoms with Gasteiger partial charge in [-0.05, 0) is 81.2 Å². The lowest BCUT2D eigenvalue weighted by Crippen LogP contribution is -2.53. The van der Waals surface area contributed by atoms with Crippen molar-refractivity contribution < 1.29 is 19.1 Å². The summed E-state index contributed by atoms with van der Waals surface area (Å²) in [6, 6.07) is 14.7. The SMILES string of the molecule is Cc1nc2n(n1)CCN(C(=O)c1ccc3c(c1)CCCO3)CCCC(=O)N1CCCC[C@H]1C(=O)N[C@@H]2Cc1ccccc1. The minimum atomic E-state index is -0.518. The zero-order chi connectivity index (χ0) is 29.8.